The predicted octanol–water partition coefficient (Wildman–Crippen LogP) is 1.41. The number of nitrogens with one attached hydrogen (secondary N) is 2. The van der Waals surface area contributed by atoms with E-state index < -0.39 is 0 Å². The number of rotatable bonds is 4. The second-order valence-corrected chi connectivity index (χ2v) is 6.73. The van der Waals surface area contributed by atoms with Crippen molar-refractivity contribution in [1.29, 1.82) is 0 Å². The van der Waals surface area contributed by atoms with Crippen molar-refractivity contribution in [3.63, 3.8) is 0 Å². The van der Waals surface area contributed by atoms with E-state index in [0.717, 1.165) is 32.5 Å². The van der Waals surface area contributed by atoms with Crippen molar-refractivity contribution in [3.8, 4) is 0 Å². The minimum atomic E-state index is 0.0159. The summed E-state index contributed by atoms with van der Waals surface area (Å²) in [6, 6.07) is 0.103. The van der Waals surface area contributed by atoms with E-state index in [0.29, 0.717) is 0 Å². The highest BCUT2D eigenvalue weighted by atomic mass is 16.2. The van der Waals surface area contributed by atoms with Crippen LogP contribution in [0.1, 0.15) is 33.6 Å². The zero-order valence-electron chi connectivity index (χ0n) is 12.7. The van der Waals surface area contributed by atoms with Crippen molar-refractivity contribution in [2.45, 2.75) is 46.2 Å². The van der Waals surface area contributed by atoms with Gasteiger partial charge in [0.1, 0.15) is 0 Å². The lowest BCUT2D eigenvalue weighted by atomic mass is 9.86. The molecule has 1 aliphatic heterocycles. The lowest BCUT2D eigenvalue weighted by Gasteiger charge is -2.33. The van der Waals surface area contributed by atoms with Crippen LogP contribution in [0.15, 0.2) is 18.7 Å². The summed E-state index contributed by atoms with van der Waals surface area (Å²) in [6.07, 6.45) is 7.58. The van der Waals surface area contributed by atoms with Crippen molar-refractivity contribution in [1.82, 2.24) is 20.2 Å². The molecule has 1 unspecified atom stereocenters. The first kappa shape index (κ1) is 15.0. The van der Waals surface area contributed by atoms with E-state index in [1.54, 1.807) is 12.5 Å². The molecule has 1 aliphatic rings. The number of carbonyl (C=O) groups is 1. The molecule has 0 saturated carbocycles. The minimum Gasteiger partial charge on any atom is -0.351 e. The summed E-state index contributed by atoms with van der Waals surface area (Å²) in [5.41, 5.74) is 0.0159. The summed E-state index contributed by atoms with van der Waals surface area (Å²) in [5.74, 6) is 0.286. The molecule has 0 aromatic carbocycles. The smallest absolute Gasteiger partial charge is 0.224 e. The number of carbonyl (C=O) groups excluding carboxylic acids is 1. The molecular formula is C15H26N4O. The monoisotopic (exact) mass is 278 g/mol. The van der Waals surface area contributed by atoms with Gasteiger partial charge in [-0.15, -0.1) is 0 Å². The van der Waals surface area contributed by atoms with Gasteiger partial charge in [-0.3, -0.25) is 4.79 Å². The van der Waals surface area contributed by atoms with E-state index in [1.807, 2.05) is 10.8 Å². The molecule has 0 radical (unpaired) electrons. The van der Waals surface area contributed by atoms with Gasteiger partial charge in [0.2, 0.25) is 5.91 Å². The average Bonchev–Trinajstić information content (AvgIpc) is 2.91. The maximum atomic E-state index is 12.4. The van der Waals surface area contributed by atoms with Crippen LogP contribution in [0.3, 0.4) is 0 Å². The van der Waals surface area contributed by atoms with E-state index in [1.165, 1.54) is 0 Å². The van der Waals surface area contributed by atoms with Crippen LogP contribution in [0.5, 0.6) is 0 Å². The minimum absolute atomic E-state index is 0.0159. The van der Waals surface area contributed by atoms with Gasteiger partial charge in [-0.1, -0.05) is 20.8 Å². The lowest BCUT2D eigenvalue weighted by molar-refractivity contribution is -0.127. The van der Waals surface area contributed by atoms with Crippen LogP contribution in [0.4, 0.5) is 0 Å². The van der Waals surface area contributed by atoms with Gasteiger partial charge in [-0.2, -0.15) is 0 Å². The summed E-state index contributed by atoms with van der Waals surface area (Å²) in [4.78, 5) is 16.5. The van der Waals surface area contributed by atoms with Crippen LogP contribution in [0.25, 0.3) is 0 Å². The molecule has 5 nitrogen and oxygen atoms in total. The molecule has 0 spiro atoms. The standard InChI is InChI=1S/C15H26N4O/c1-15(2,3)13(10-19-8-7-17-11-19)18-14(20)12-5-4-6-16-9-12/h7-8,11-13,16H,4-6,9-10H2,1-3H3,(H,18,20)/t12-,13?/m1/s1. The SMILES string of the molecule is CC(C)(C)C(Cn1ccnc1)NC(=O)[C@@H]1CCCNC1. The van der Waals surface area contributed by atoms with Crippen LogP contribution in [0.2, 0.25) is 0 Å². The topological polar surface area (TPSA) is 59.0 Å². The predicted molar refractivity (Wildman–Crippen MR) is 79.2 cm³/mol. The van der Waals surface area contributed by atoms with Crippen LogP contribution in [-0.2, 0) is 11.3 Å². The van der Waals surface area contributed by atoms with Crippen molar-refractivity contribution in [3.05, 3.63) is 18.7 Å². The van der Waals surface area contributed by atoms with Crippen LogP contribution in [0, 0.1) is 11.3 Å². The Hall–Kier alpha value is -1.36. The van der Waals surface area contributed by atoms with E-state index in [9.17, 15) is 4.79 Å². The summed E-state index contributed by atoms with van der Waals surface area (Å²) < 4.78 is 2.02. The fourth-order valence-corrected chi connectivity index (χ4v) is 2.51. The van der Waals surface area contributed by atoms with Crippen molar-refractivity contribution >= 4 is 5.91 Å². The first-order valence-electron chi connectivity index (χ1n) is 7.43. The number of nitrogens with zero attached hydrogens (tertiary/aromatic N) is 2. The molecule has 1 aromatic rings. The molecule has 1 fully saturated rings. The lowest BCUT2D eigenvalue weighted by Crippen LogP contribution is -2.50. The summed E-state index contributed by atoms with van der Waals surface area (Å²) >= 11 is 0. The zero-order valence-corrected chi connectivity index (χ0v) is 12.7. The summed E-state index contributed by atoms with van der Waals surface area (Å²) in [5, 5.41) is 6.53. The molecule has 0 bridgehead atoms. The molecule has 5 heteroatoms. The Kier molecular flexibility index (Phi) is 4.81. The first-order valence-corrected chi connectivity index (χ1v) is 7.43. The van der Waals surface area contributed by atoms with E-state index in [-0.39, 0.29) is 23.3 Å². The second kappa shape index (κ2) is 6.39. The van der Waals surface area contributed by atoms with Gasteiger partial charge < -0.3 is 15.2 Å². The van der Waals surface area contributed by atoms with Gasteiger partial charge in [0.15, 0.2) is 0 Å². The third kappa shape index (κ3) is 4.07. The first-order chi connectivity index (χ1) is 9.47. The number of hydrogen-bond acceptors (Lipinski definition) is 3. The van der Waals surface area contributed by atoms with Crippen molar-refractivity contribution in [2.24, 2.45) is 11.3 Å². The highest BCUT2D eigenvalue weighted by Crippen LogP contribution is 2.22. The maximum Gasteiger partial charge on any atom is 0.224 e. The van der Waals surface area contributed by atoms with Gasteiger partial charge in [-0.05, 0) is 24.8 Å². The molecule has 0 aliphatic carbocycles. The van der Waals surface area contributed by atoms with Crippen LogP contribution < -0.4 is 10.6 Å². The normalized spacial score (nSPS) is 21.4. The van der Waals surface area contributed by atoms with Gasteiger partial charge in [-0.25, -0.2) is 4.98 Å². The Labute approximate surface area is 121 Å². The molecule has 2 heterocycles. The quantitative estimate of drug-likeness (QED) is 0.875. The fraction of sp³-hybridized carbons (Fsp3) is 0.733. The molecule has 20 heavy (non-hydrogen) atoms. The summed E-state index contributed by atoms with van der Waals surface area (Å²) in [6.45, 7) is 9.07. The van der Waals surface area contributed by atoms with Crippen molar-refractivity contribution < 1.29 is 4.79 Å². The summed E-state index contributed by atoms with van der Waals surface area (Å²) in [7, 11) is 0. The molecule has 1 amide bonds. The average molecular weight is 278 g/mol. The molecule has 1 aromatic heterocycles. The largest absolute Gasteiger partial charge is 0.351 e. The van der Waals surface area contributed by atoms with Gasteiger partial charge >= 0.3 is 0 Å². The third-order valence-electron chi connectivity index (χ3n) is 3.98. The van der Waals surface area contributed by atoms with Crippen LogP contribution in [-0.4, -0.2) is 34.6 Å². The van der Waals surface area contributed by atoms with E-state index in [2.05, 4.69) is 36.4 Å². The Bertz CT molecular complexity index is 416. The molecule has 2 N–H and O–H groups in total. The maximum absolute atomic E-state index is 12.4. The van der Waals surface area contributed by atoms with Crippen molar-refractivity contribution in [2.75, 3.05) is 13.1 Å². The molecule has 2 atom stereocenters. The number of imidazole rings is 1. The molecule has 2 rings (SSSR count). The van der Waals surface area contributed by atoms with E-state index >= 15 is 0 Å². The number of aromatic nitrogens is 2. The Morgan fingerprint density at radius 3 is 2.90 bits per heavy atom. The van der Waals surface area contributed by atoms with Gasteiger partial charge in [0.25, 0.3) is 0 Å². The Balaban J connectivity index is 1.98. The van der Waals surface area contributed by atoms with Crippen LogP contribution >= 0.6 is 0 Å². The van der Waals surface area contributed by atoms with E-state index in [4.69, 9.17) is 0 Å². The highest BCUT2D eigenvalue weighted by molar-refractivity contribution is 5.79. The molecule has 1 saturated heterocycles. The molecular weight excluding hydrogens is 252 g/mol. The van der Waals surface area contributed by atoms with Gasteiger partial charge in [0, 0.05) is 25.5 Å². The Morgan fingerprint density at radius 1 is 1.55 bits per heavy atom. The highest BCUT2D eigenvalue weighted by Gasteiger charge is 2.29. The second-order valence-electron chi connectivity index (χ2n) is 6.73. The zero-order chi connectivity index (χ0) is 14.6. The Morgan fingerprint density at radius 2 is 2.35 bits per heavy atom. The fourth-order valence-electron chi connectivity index (χ4n) is 2.51. The number of piperidine rings is 1. The third-order valence-corrected chi connectivity index (χ3v) is 3.98. The number of hydrogen-bond donors (Lipinski definition) is 2. The molecule has 112 valence electrons. The van der Waals surface area contributed by atoms with Gasteiger partial charge in [0.05, 0.1) is 18.3 Å². The number of amides is 1.